The van der Waals surface area contributed by atoms with Gasteiger partial charge in [0.15, 0.2) is 9.84 Å². The molecule has 22 heavy (non-hydrogen) atoms. The average Bonchev–Trinajstić information content (AvgIpc) is 2.97. The van der Waals surface area contributed by atoms with E-state index in [1.807, 2.05) is 35.9 Å². The van der Waals surface area contributed by atoms with Crippen LogP contribution >= 0.6 is 0 Å². The monoisotopic (exact) mass is 321 g/mol. The first-order valence-corrected chi connectivity index (χ1v) is 9.19. The van der Waals surface area contributed by atoms with E-state index in [1.165, 1.54) is 0 Å². The highest BCUT2D eigenvalue weighted by atomic mass is 32.2. The Morgan fingerprint density at radius 3 is 2.91 bits per heavy atom. The zero-order valence-electron chi connectivity index (χ0n) is 12.4. The summed E-state index contributed by atoms with van der Waals surface area (Å²) in [6, 6.07) is 7.67. The number of fused-ring (bicyclic) bond motifs is 1. The van der Waals surface area contributed by atoms with E-state index >= 15 is 0 Å². The summed E-state index contributed by atoms with van der Waals surface area (Å²) < 4.78 is 24.6. The molecule has 1 fully saturated rings. The zero-order valence-corrected chi connectivity index (χ0v) is 13.3. The lowest BCUT2D eigenvalue weighted by Crippen LogP contribution is -2.36. The molecule has 1 amide bonds. The van der Waals surface area contributed by atoms with Gasteiger partial charge in [-0.05, 0) is 19.4 Å². The molecule has 0 saturated carbocycles. The van der Waals surface area contributed by atoms with E-state index in [4.69, 9.17) is 0 Å². The summed E-state index contributed by atoms with van der Waals surface area (Å²) in [7, 11) is -2.97. The molecule has 1 aromatic heterocycles. The number of rotatable bonds is 4. The number of sulfone groups is 1. The molecule has 1 aliphatic rings. The number of aryl methyl sites for hydroxylation is 2. The Morgan fingerprint density at radius 1 is 1.41 bits per heavy atom. The second-order valence-corrected chi connectivity index (χ2v) is 7.97. The van der Waals surface area contributed by atoms with E-state index in [-0.39, 0.29) is 23.5 Å². The highest BCUT2D eigenvalue weighted by Gasteiger charge is 2.28. The van der Waals surface area contributed by atoms with E-state index in [0.717, 1.165) is 16.6 Å². The van der Waals surface area contributed by atoms with Crippen LogP contribution in [-0.2, 0) is 21.2 Å². The van der Waals surface area contributed by atoms with Gasteiger partial charge in [-0.1, -0.05) is 18.2 Å². The topological polar surface area (TPSA) is 81.1 Å². The normalized spacial score (nSPS) is 20.3. The summed E-state index contributed by atoms with van der Waals surface area (Å²) >= 11 is 0. The lowest BCUT2D eigenvalue weighted by atomic mass is 10.2. The van der Waals surface area contributed by atoms with Crippen molar-refractivity contribution in [2.24, 2.45) is 0 Å². The number of nitrogens with one attached hydrogen (secondary N) is 1. The van der Waals surface area contributed by atoms with Gasteiger partial charge in [-0.2, -0.15) is 5.10 Å². The Labute approximate surface area is 129 Å². The van der Waals surface area contributed by atoms with Crippen LogP contribution in [0.15, 0.2) is 24.3 Å². The molecule has 6 nitrogen and oxygen atoms in total. The van der Waals surface area contributed by atoms with Crippen LogP contribution in [0.5, 0.6) is 0 Å². The molecule has 1 aromatic carbocycles. The van der Waals surface area contributed by atoms with Crippen molar-refractivity contribution in [2.45, 2.75) is 32.4 Å². The molecule has 1 N–H and O–H groups in total. The number of para-hydroxylation sites is 1. The maximum Gasteiger partial charge on any atom is 0.222 e. The van der Waals surface area contributed by atoms with Gasteiger partial charge in [0.1, 0.15) is 0 Å². The van der Waals surface area contributed by atoms with Crippen LogP contribution in [0.1, 0.15) is 18.5 Å². The van der Waals surface area contributed by atoms with Crippen LogP contribution in [0.3, 0.4) is 0 Å². The first kappa shape index (κ1) is 15.0. The van der Waals surface area contributed by atoms with Gasteiger partial charge >= 0.3 is 0 Å². The Kier molecular flexibility index (Phi) is 3.90. The summed E-state index contributed by atoms with van der Waals surface area (Å²) in [5.41, 5.74) is 1.95. The summed E-state index contributed by atoms with van der Waals surface area (Å²) in [5.74, 6) is 0.100. The van der Waals surface area contributed by atoms with E-state index in [1.54, 1.807) is 0 Å². The Morgan fingerprint density at radius 2 is 2.18 bits per heavy atom. The van der Waals surface area contributed by atoms with Gasteiger partial charge in [-0.25, -0.2) is 8.42 Å². The number of amides is 1. The average molecular weight is 321 g/mol. The molecule has 0 radical (unpaired) electrons. The van der Waals surface area contributed by atoms with Gasteiger partial charge in [0.05, 0.1) is 29.3 Å². The van der Waals surface area contributed by atoms with E-state index in [9.17, 15) is 13.2 Å². The fourth-order valence-corrected chi connectivity index (χ4v) is 4.55. The second-order valence-electron chi connectivity index (χ2n) is 5.74. The van der Waals surface area contributed by atoms with Gasteiger partial charge in [-0.15, -0.1) is 0 Å². The quantitative estimate of drug-likeness (QED) is 0.912. The molecule has 1 unspecified atom stereocenters. The second kappa shape index (κ2) is 5.72. The highest BCUT2D eigenvalue weighted by molar-refractivity contribution is 7.91. The lowest BCUT2D eigenvalue weighted by molar-refractivity contribution is -0.121. The minimum Gasteiger partial charge on any atom is -0.352 e. The number of hydrogen-bond acceptors (Lipinski definition) is 4. The molecule has 3 rings (SSSR count). The molecular weight excluding hydrogens is 302 g/mol. The molecule has 1 aliphatic heterocycles. The molecule has 7 heteroatoms. The van der Waals surface area contributed by atoms with Crippen molar-refractivity contribution in [3.63, 3.8) is 0 Å². The van der Waals surface area contributed by atoms with Crippen LogP contribution in [-0.4, -0.2) is 41.7 Å². The van der Waals surface area contributed by atoms with Crippen molar-refractivity contribution in [1.82, 2.24) is 15.1 Å². The zero-order chi connectivity index (χ0) is 15.7. The number of carbonyl (C=O) groups is 1. The number of aromatic nitrogens is 2. The molecule has 0 bridgehead atoms. The van der Waals surface area contributed by atoms with Crippen LogP contribution in [0.2, 0.25) is 0 Å². The summed E-state index contributed by atoms with van der Waals surface area (Å²) in [6.07, 6.45) is 0.805. The van der Waals surface area contributed by atoms with Gasteiger partial charge in [0.25, 0.3) is 0 Å². The van der Waals surface area contributed by atoms with Crippen molar-refractivity contribution in [3.8, 4) is 0 Å². The van der Waals surface area contributed by atoms with Gasteiger partial charge < -0.3 is 5.32 Å². The smallest absolute Gasteiger partial charge is 0.222 e. The molecule has 0 aliphatic carbocycles. The minimum absolute atomic E-state index is 0.0581. The molecule has 2 aromatic rings. The molecule has 118 valence electrons. The number of hydrogen-bond donors (Lipinski definition) is 1. The van der Waals surface area contributed by atoms with Crippen molar-refractivity contribution < 1.29 is 13.2 Å². The van der Waals surface area contributed by atoms with Gasteiger partial charge in [0, 0.05) is 17.8 Å². The largest absolute Gasteiger partial charge is 0.352 e. The van der Waals surface area contributed by atoms with Crippen molar-refractivity contribution in [1.29, 1.82) is 0 Å². The van der Waals surface area contributed by atoms with E-state index in [0.29, 0.717) is 19.4 Å². The number of nitrogens with zero attached hydrogens (tertiary/aromatic N) is 2. The van der Waals surface area contributed by atoms with Crippen LogP contribution < -0.4 is 5.32 Å². The maximum atomic E-state index is 12.0. The van der Waals surface area contributed by atoms with Crippen LogP contribution in [0.25, 0.3) is 10.9 Å². The molecular formula is C15H19N3O3S. The third kappa shape index (κ3) is 3.14. The van der Waals surface area contributed by atoms with Crippen molar-refractivity contribution in [3.05, 3.63) is 30.0 Å². The van der Waals surface area contributed by atoms with E-state index < -0.39 is 9.84 Å². The SMILES string of the molecule is Cc1nn(CCC(=O)NC2CCS(=O)(=O)C2)c2ccccc12. The number of benzene rings is 1. The van der Waals surface area contributed by atoms with Gasteiger partial charge in [0.2, 0.25) is 5.91 Å². The van der Waals surface area contributed by atoms with Gasteiger partial charge in [-0.3, -0.25) is 9.48 Å². The first-order chi connectivity index (χ1) is 10.4. The summed E-state index contributed by atoms with van der Waals surface area (Å²) in [4.78, 5) is 12.0. The molecule has 1 saturated heterocycles. The minimum atomic E-state index is -2.97. The molecule has 0 spiro atoms. The Balaban J connectivity index is 1.61. The number of carbonyl (C=O) groups excluding carboxylic acids is 1. The Bertz CT molecular complexity index is 811. The van der Waals surface area contributed by atoms with Crippen LogP contribution in [0.4, 0.5) is 0 Å². The third-order valence-electron chi connectivity index (χ3n) is 3.99. The van der Waals surface area contributed by atoms with Crippen LogP contribution in [0, 0.1) is 6.92 Å². The predicted molar refractivity (Wildman–Crippen MR) is 84.3 cm³/mol. The highest BCUT2D eigenvalue weighted by Crippen LogP contribution is 2.17. The Hall–Kier alpha value is -1.89. The first-order valence-electron chi connectivity index (χ1n) is 7.36. The lowest BCUT2D eigenvalue weighted by Gasteiger charge is -2.11. The standard InChI is InChI=1S/C15H19N3O3S/c1-11-13-4-2-3-5-14(13)18(17-11)8-6-15(19)16-12-7-9-22(20,21)10-12/h2-5,12H,6-10H2,1H3,(H,16,19). The fourth-order valence-electron chi connectivity index (χ4n) is 2.88. The fraction of sp³-hybridized carbons (Fsp3) is 0.467. The summed E-state index contributed by atoms with van der Waals surface area (Å²) in [5, 5.41) is 8.35. The predicted octanol–water partition coefficient (Wildman–Crippen LogP) is 1.04. The molecule has 1 atom stereocenters. The van der Waals surface area contributed by atoms with Crippen molar-refractivity contribution in [2.75, 3.05) is 11.5 Å². The molecule has 2 heterocycles. The van der Waals surface area contributed by atoms with E-state index in [2.05, 4.69) is 10.4 Å². The maximum absolute atomic E-state index is 12.0. The third-order valence-corrected chi connectivity index (χ3v) is 5.76. The summed E-state index contributed by atoms with van der Waals surface area (Å²) in [6.45, 7) is 2.43. The van der Waals surface area contributed by atoms with Crippen molar-refractivity contribution >= 4 is 26.6 Å².